The molecule has 2 aromatic heterocycles. The average molecular weight is 313 g/mol. The van der Waals surface area contributed by atoms with E-state index in [4.69, 9.17) is 0 Å². The summed E-state index contributed by atoms with van der Waals surface area (Å²) in [6, 6.07) is 5.94. The molecule has 0 aliphatic carbocycles. The first-order chi connectivity index (χ1) is 11.0. The van der Waals surface area contributed by atoms with Crippen molar-refractivity contribution in [3.63, 3.8) is 0 Å². The summed E-state index contributed by atoms with van der Waals surface area (Å²) in [5.74, 6) is 1.45. The van der Waals surface area contributed by atoms with Gasteiger partial charge in [-0.05, 0) is 39.1 Å². The molecule has 6 heteroatoms. The van der Waals surface area contributed by atoms with Gasteiger partial charge in [-0.1, -0.05) is 25.0 Å². The normalized spacial score (nSPS) is 11.9. The van der Waals surface area contributed by atoms with E-state index in [1.165, 1.54) is 6.42 Å². The molecular weight excluding hydrogens is 290 g/mol. The molecule has 0 fully saturated rings. The van der Waals surface area contributed by atoms with Crippen LogP contribution in [0.15, 0.2) is 23.0 Å². The Hall–Kier alpha value is -2.21. The highest BCUT2D eigenvalue weighted by Crippen LogP contribution is 2.16. The van der Waals surface area contributed by atoms with Crippen LogP contribution < -0.4 is 5.56 Å². The third-order valence-corrected chi connectivity index (χ3v) is 4.25. The van der Waals surface area contributed by atoms with Crippen molar-refractivity contribution in [3.8, 4) is 0 Å². The van der Waals surface area contributed by atoms with Crippen LogP contribution in [0.25, 0.3) is 16.7 Å². The number of hydrogen-bond acceptors (Lipinski definition) is 4. The molecule has 0 amide bonds. The lowest BCUT2D eigenvalue weighted by molar-refractivity contribution is 0.312. The van der Waals surface area contributed by atoms with Gasteiger partial charge in [0.05, 0.1) is 17.4 Å². The van der Waals surface area contributed by atoms with Crippen LogP contribution in [0.5, 0.6) is 0 Å². The molecule has 23 heavy (non-hydrogen) atoms. The Balaban J connectivity index is 2.18. The van der Waals surface area contributed by atoms with Gasteiger partial charge in [-0.25, -0.2) is 0 Å². The quantitative estimate of drug-likeness (QED) is 0.724. The summed E-state index contributed by atoms with van der Waals surface area (Å²) in [7, 11) is 3.84. The lowest BCUT2D eigenvalue weighted by Gasteiger charge is -2.15. The van der Waals surface area contributed by atoms with Gasteiger partial charge in [0.1, 0.15) is 0 Å². The van der Waals surface area contributed by atoms with Crippen molar-refractivity contribution < 1.29 is 0 Å². The van der Waals surface area contributed by atoms with E-state index in [0.29, 0.717) is 17.7 Å². The zero-order valence-corrected chi connectivity index (χ0v) is 14.2. The second-order valence-electron chi connectivity index (χ2n) is 6.23. The fourth-order valence-electron chi connectivity index (χ4n) is 2.91. The Labute approximate surface area is 135 Å². The Morgan fingerprint density at radius 2 is 2.04 bits per heavy atom. The van der Waals surface area contributed by atoms with Crippen LogP contribution in [-0.4, -0.2) is 37.7 Å². The fourth-order valence-corrected chi connectivity index (χ4v) is 2.91. The van der Waals surface area contributed by atoms with Crippen LogP contribution in [0.1, 0.15) is 31.2 Å². The van der Waals surface area contributed by atoms with Gasteiger partial charge in [0.2, 0.25) is 5.78 Å². The van der Waals surface area contributed by atoms with Crippen LogP contribution in [0.4, 0.5) is 0 Å². The topological polar surface area (TPSA) is 55.4 Å². The van der Waals surface area contributed by atoms with Crippen molar-refractivity contribution in [1.82, 2.24) is 24.1 Å². The number of aryl methyl sites for hydroxylation is 2. The Kier molecular flexibility index (Phi) is 4.17. The first kappa shape index (κ1) is 15.7. The maximum Gasteiger partial charge on any atom is 0.262 e. The summed E-state index contributed by atoms with van der Waals surface area (Å²) in [5.41, 5.74) is 1.91. The van der Waals surface area contributed by atoms with Crippen molar-refractivity contribution in [3.05, 3.63) is 39.9 Å². The van der Waals surface area contributed by atoms with Gasteiger partial charge >= 0.3 is 0 Å². The van der Waals surface area contributed by atoms with E-state index in [1.54, 1.807) is 11.6 Å². The molecule has 1 aromatic carbocycles. The third kappa shape index (κ3) is 2.74. The predicted octanol–water partition coefficient (Wildman–Crippen LogP) is 2.12. The second kappa shape index (κ2) is 6.12. The minimum Gasteiger partial charge on any atom is -0.299 e. The molecule has 122 valence electrons. The number of aromatic nitrogens is 4. The smallest absolute Gasteiger partial charge is 0.262 e. The molecule has 0 saturated heterocycles. The first-order valence-corrected chi connectivity index (χ1v) is 8.04. The molecule has 0 radical (unpaired) electrons. The van der Waals surface area contributed by atoms with Crippen molar-refractivity contribution >= 4 is 16.7 Å². The standard InChI is InChI=1S/C17H23N5O/c1-5-6-9-20(3)11-15-18-19-17-21(4)16(23)13-10-12(2)7-8-14(13)22(15)17/h7-8,10H,5-6,9,11H2,1-4H3. The molecule has 0 N–H and O–H groups in total. The van der Waals surface area contributed by atoms with Crippen molar-refractivity contribution in [2.75, 3.05) is 13.6 Å². The van der Waals surface area contributed by atoms with Gasteiger partial charge in [0.15, 0.2) is 5.82 Å². The van der Waals surface area contributed by atoms with E-state index in [0.717, 1.165) is 29.9 Å². The van der Waals surface area contributed by atoms with Crippen molar-refractivity contribution in [2.45, 2.75) is 33.2 Å². The molecule has 0 unspecified atom stereocenters. The summed E-state index contributed by atoms with van der Waals surface area (Å²) < 4.78 is 3.57. The number of unbranched alkanes of at least 4 members (excludes halogenated alkanes) is 1. The molecule has 0 aliphatic heterocycles. The molecule has 3 aromatic rings. The fraction of sp³-hybridized carbons (Fsp3) is 0.471. The van der Waals surface area contributed by atoms with E-state index in [-0.39, 0.29) is 5.56 Å². The van der Waals surface area contributed by atoms with E-state index in [2.05, 4.69) is 29.1 Å². The minimum atomic E-state index is -0.0329. The Bertz CT molecular complexity index is 909. The van der Waals surface area contributed by atoms with E-state index in [9.17, 15) is 4.79 Å². The number of nitrogens with zero attached hydrogens (tertiary/aromatic N) is 5. The summed E-state index contributed by atoms with van der Waals surface area (Å²) in [5, 5.41) is 9.27. The van der Waals surface area contributed by atoms with Crippen molar-refractivity contribution in [2.24, 2.45) is 7.05 Å². The molecule has 0 aliphatic rings. The highest BCUT2D eigenvalue weighted by atomic mass is 16.1. The molecule has 0 atom stereocenters. The lowest BCUT2D eigenvalue weighted by atomic mass is 10.1. The lowest BCUT2D eigenvalue weighted by Crippen LogP contribution is -2.23. The van der Waals surface area contributed by atoms with Gasteiger partial charge in [-0.3, -0.25) is 18.7 Å². The zero-order valence-electron chi connectivity index (χ0n) is 14.2. The van der Waals surface area contributed by atoms with Gasteiger partial charge < -0.3 is 0 Å². The van der Waals surface area contributed by atoms with E-state index < -0.39 is 0 Å². The number of fused-ring (bicyclic) bond motifs is 3. The zero-order chi connectivity index (χ0) is 16.6. The Morgan fingerprint density at radius 1 is 1.26 bits per heavy atom. The summed E-state index contributed by atoms with van der Waals surface area (Å²) in [4.78, 5) is 14.8. The monoisotopic (exact) mass is 313 g/mol. The maximum absolute atomic E-state index is 12.5. The highest BCUT2D eigenvalue weighted by Gasteiger charge is 2.15. The minimum absolute atomic E-state index is 0.0329. The summed E-state index contributed by atoms with van der Waals surface area (Å²) in [6.07, 6.45) is 2.33. The van der Waals surface area contributed by atoms with Crippen LogP contribution in [0.3, 0.4) is 0 Å². The van der Waals surface area contributed by atoms with Crippen molar-refractivity contribution in [1.29, 1.82) is 0 Å². The van der Waals surface area contributed by atoms with Gasteiger partial charge in [0.25, 0.3) is 5.56 Å². The highest BCUT2D eigenvalue weighted by molar-refractivity contribution is 5.81. The molecule has 3 rings (SSSR count). The average Bonchev–Trinajstić information content (AvgIpc) is 2.94. The molecule has 2 heterocycles. The molecule has 0 spiro atoms. The van der Waals surface area contributed by atoms with E-state index in [1.807, 2.05) is 29.5 Å². The molecule has 0 bridgehead atoms. The first-order valence-electron chi connectivity index (χ1n) is 8.04. The summed E-state index contributed by atoms with van der Waals surface area (Å²) in [6.45, 7) is 5.91. The Morgan fingerprint density at radius 3 is 2.78 bits per heavy atom. The molecule has 0 saturated carbocycles. The predicted molar refractivity (Wildman–Crippen MR) is 91.7 cm³/mol. The van der Waals surface area contributed by atoms with Gasteiger partial charge in [0, 0.05) is 7.05 Å². The van der Waals surface area contributed by atoms with Crippen LogP contribution >= 0.6 is 0 Å². The second-order valence-corrected chi connectivity index (χ2v) is 6.23. The van der Waals surface area contributed by atoms with Gasteiger partial charge in [-0.2, -0.15) is 0 Å². The maximum atomic E-state index is 12.5. The number of hydrogen-bond donors (Lipinski definition) is 0. The molecular formula is C17H23N5O. The van der Waals surface area contributed by atoms with Crippen LogP contribution in [0, 0.1) is 6.92 Å². The summed E-state index contributed by atoms with van der Waals surface area (Å²) >= 11 is 0. The third-order valence-electron chi connectivity index (χ3n) is 4.25. The SMILES string of the molecule is CCCCN(C)Cc1nnc2n(C)c(=O)c3cc(C)ccc3n12. The van der Waals surface area contributed by atoms with Crippen LogP contribution in [-0.2, 0) is 13.6 Å². The van der Waals surface area contributed by atoms with Crippen LogP contribution in [0.2, 0.25) is 0 Å². The molecule has 6 nitrogen and oxygen atoms in total. The van der Waals surface area contributed by atoms with E-state index >= 15 is 0 Å². The number of rotatable bonds is 5. The van der Waals surface area contributed by atoms with Gasteiger partial charge in [-0.15, -0.1) is 10.2 Å². The largest absolute Gasteiger partial charge is 0.299 e. The number of benzene rings is 1.